The fourth-order valence-corrected chi connectivity index (χ4v) is 5.46. The smallest absolute Gasteiger partial charge is 0.357 e. The number of rotatable bonds is 0. The predicted octanol–water partition coefficient (Wildman–Crippen LogP) is 5.75. The van der Waals surface area contributed by atoms with Crippen molar-refractivity contribution >= 4 is 93.0 Å². The summed E-state index contributed by atoms with van der Waals surface area (Å²) in [5.74, 6) is 2.21. The zero-order chi connectivity index (χ0) is 26.2. The van der Waals surface area contributed by atoms with Gasteiger partial charge in [0.1, 0.15) is 0 Å². The SMILES string of the molecule is [Ba+2].c1ccc2c(c1)-c1nc-2nc2[n-]c(nc3nc(nc4[n-]c(n1)c1ccccc41)-c1ccccc1-3)c1ccccc21. The van der Waals surface area contributed by atoms with E-state index in [4.69, 9.17) is 39.9 Å². The van der Waals surface area contributed by atoms with E-state index in [0.29, 0.717) is 45.9 Å². The largest absolute Gasteiger partial charge is 2.00 e. The van der Waals surface area contributed by atoms with E-state index in [1.807, 2.05) is 97.1 Å². The van der Waals surface area contributed by atoms with Gasteiger partial charge in [-0.05, 0) is 21.5 Å². The van der Waals surface area contributed by atoms with E-state index >= 15 is 0 Å². The Labute approximate surface area is 273 Å². The van der Waals surface area contributed by atoms with Crippen molar-refractivity contribution < 1.29 is 0 Å². The summed E-state index contributed by atoms with van der Waals surface area (Å²) in [4.78, 5) is 39.3. The molecule has 2 aliphatic rings. The second kappa shape index (κ2) is 9.44. The zero-order valence-corrected chi connectivity index (χ0v) is 26.0. The number of aromatic nitrogens is 8. The third-order valence-corrected chi connectivity index (χ3v) is 7.33. The summed E-state index contributed by atoms with van der Waals surface area (Å²) < 4.78 is 0. The van der Waals surface area contributed by atoms with Crippen LogP contribution in [0, 0.1) is 0 Å². The summed E-state index contributed by atoms with van der Waals surface area (Å²) >= 11 is 0. The summed E-state index contributed by atoms with van der Waals surface area (Å²) in [6.45, 7) is 0. The van der Waals surface area contributed by atoms with Gasteiger partial charge in [-0.25, -0.2) is 9.97 Å². The standard InChI is InChI=1S/C32H16N8.Ba/c1-2-10-18-17(9-1)25-33-26(18)38-28-21-13-5-6-14-22(21)30(35-28)40-32-24-16-8-7-15-23(24)31(36-32)39-29-20-12-4-3-11-19(20)27(34-29)37-25;/h1-16H;/q-2;+2. The van der Waals surface area contributed by atoms with Gasteiger partial charge in [-0.1, -0.05) is 97.1 Å². The molecule has 4 aromatic carbocycles. The Balaban J connectivity index is 0.00000256. The minimum atomic E-state index is 0. The van der Waals surface area contributed by atoms with E-state index in [1.54, 1.807) is 0 Å². The van der Waals surface area contributed by atoms with E-state index in [9.17, 15) is 0 Å². The van der Waals surface area contributed by atoms with Gasteiger partial charge in [0, 0.05) is 44.8 Å². The minimum Gasteiger partial charge on any atom is -0.357 e. The van der Waals surface area contributed by atoms with Crippen LogP contribution in [0.4, 0.5) is 0 Å². The Bertz CT molecular complexity index is 2030. The third-order valence-electron chi connectivity index (χ3n) is 7.33. The molecule has 186 valence electrons. The first-order valence-corrected chi connectivity index (χ1v) is 12.9. The molecule has 3 aromatic heterocycles. The summed E-state index contributed by atoms with van der Waals surface area (Å²) in [5, 5.41) is 3.57. The maximum absolute atomic E-state index is 4.95. The Hall–Kier alpha value is -4.19. The van der Waals surface area contributed by atoms with Gasteiger partial charge in [-0.2, -0.15) is 0 Å². The molecule has 0 aliphatic carbocycles. The normalized spacial score (nSPS) is 11.7. The molecule has 9 rings (SSSR count). The van der Waals surface area contributed by atoms with E-state index in [1.165, 1.54) is 0 Å². The second-order valence-corrected chi connectivity index (χ2v) is 9.67. The molecule has 0 saturated heterocycles. The van der Waals surface area contributed by atoms with E-state index in [2.05, 4.69) is 0 Å². The van der Waals surface area contributed by atoms with Crippen LogP contribution in [-0.2, 0) is 0 Å². The van der Waals surface area contributed by atoms with Gasteiger partial charge in [0.05, 0.1) is 23.3 Å². The maximum Gasteiger partial charge on any atom is 2.00 e. The summed E-state index contributed by atoms with van der Waals surface area (Å²) in [6, 6.07) is 31.8. The van der Waals surface area contributed by atoms with Crippen molar-refractivity contribution in [3.8, 4) is 45.6 Å². The van der Waals surface area contributed by atoms with Crippen molar-refractivity contribution in [3.05, 3.63) is 97.1 Å². The molecule has 8 nitrogen and oxygen atoms in total. The Kier molecular flexibility index (Phi) is 5.66. The van der Waals surface area contributed by atoms with Gasteiger partial charge in [-0.3, -0.25) is 0 Å². The van der Waals surface area contributed by atoms with Crippen molar-refractivity contribution in [1.82, 2.24) is 39.9 Å². The fourth-order valence-electron chi connectivity index (χ4n) is 5.46. The zero-order valence-electron chi connectivity index (χ0n) is 21.5. The van der Waals surface area contributed by atoms with Crippen LogP contribution < -0.4 is 9.97 Å². The van der Waals surface area contributed by atoms with Crippen LogP contribution in [0.25, 0.3) is 89.7 Å². The molecule has 0 N–H and O–H groups in total. The van der Waals surface area contributed by atoms with Gasteiger partial charge in [-0.15, -0.1) is 0 Å². The van der Waals surface area contributed by atoms with Crippen LogP contribution in [0.2, 0.25) is 0 Å². The molecule has 0 spiro atoms. The summed E-state index contributed by atoms with van der Waals surface area (Å²) in [6.07, 6.45) is 0. The van der Waals surface area contributed by atoms with Crippen LogP contribution >= 0.6 is 0 Å². The first-order chi connectivity index (χ1) is 19.8. The molecule has 0 atom stereocenters. The monoisotopic (exact) mass is 650 g/mol. The van der Waals surface area contributed by atoms with Crippen LogP contribution in [0.15, 0.2) is 97.1 Å². The van der Waals surface area contributed by atoms with Crippen molar-refractivity contribution in [2.75, 3.05) is 0 Å². The van der Waals surface area contributed by atoms with Crippen LogP contribution in [0.1, 0.15) is 0 Å². The Morgan fingerprint density at radius 3 is 0.829 bits per heavy atom. The molecular formula is C32H16BaN8. The van der Waals surface area contributed by atoms with E-state index in [-0.39, 0.29) is 48.9 Å². The van der Waals surface area contributed by atoms with Gasteiger partial charge in [0.15, 0.2) is 0 Å². The molecule has 8 bridgehead atoms. The van der Waals surface area contributed by atoms with E-state index in [0.717, 1.165) is 43.8 Å². The van der Waals surface area contributed by atoms with Gasteiger partial charge in [0.25, 0.3) is 0 Å². The minimum absolute atomic E-state index is 0. The Morgan fingerprint density at radius 2 is 0.561 bits per heavy atom. The Morgan fingerprint density at radius 1 is 0.317 bits per heavy atom. The molecular weight excluding hydrogens is 634 g/mol. The van der Waals surface area contributed by atoms with Crippen LogP contribution in [0.5, 0.6) is 0 Å². The first-order valence-electron chi connectivity index (χ1n) is 12.9. The van der Waals surface area contributed by atoms with Gasteiger partial charge >= 0.3 is 48.9 Å². The van der Waals surface area contributed by atoms with Crippen LogP contribution in [-0.4, -0.2) is 78.8 Å². The maximum atomic E-state index is 4.95. The molecule has 2 aliphatic heterocycles. The number of hydrogen-bond acceptors (Lipinski definition) is 6. The number of fused-ring (bicyclic) bond motifs is 20. The predicted molar refractivity (Wildman–Crippen MR) is 160 cm³/mol. The number of benzene rings is 4. The van der Waals surface area contributed by atoms with Gasteiger partial charge < -0.3 is 29.9 Å². The fraction of sp³-hybridized carbons (Fsp3) is 0. The molecule has 9 heteroatoms. The van der Waals surface area contributed by atoms with E-state index < -0.39 is 0 Å². The summed E-state index contributed by atoms with van der Waals surface area (Å²) in [7, 11) is 0. The number of nitrogens with zero attached hydrogens (tertiary/aromatic N) is 8. The molecule has 41 heavy (non-hydrogen) atoms. The molecule has 0 unspecified atom stereocenters. The molecule has 5 heterocycles. The molecule has 0 fully saturated rings. The molecule has 0 amide bonds. The molecule has 0 saturated carbocycles. The van der Waals surface area contributed by atoms with Crippen molar-refractivity contribution in [3.63, 3.8) is 0 Å². The van der Waals surface area contributed by atoms with Gasteiger partial charge in [0.2, 0.25) is 0 Å². The van der Waals surface area contributed by atoms with Crippen LogP contribution in [0.3, 0.4) is 0 Å². The topological polar surface area (TPSA) is 106 Å². The second-order valence-electron chi connectivity index (χ2n) is 9.67. The third kappa shape index (κ3) is 3.80. The molecule has 7 aromatic rings. The van der Waals surface area contributed by atoms with Crippen molar-refractivity contribution in [2.24, 2.45) is 0 Å². The van der Waals surface area contributed by atoms with Crippen molar-refractivity contribution in [2.45, 2.75) is 0 Å². The summed E-state index contributed by atoms with van der Waals surface area (Å²) in [5.41, 5.74) is 5.78. The first kappa shape index (κ1) is 24.6. The van der Waals surface area contributed by atoms with Crippen molar-refractivity contribution in [1.29, 1.82) is 0 Å². The average Bonchev–Trinajstić information content (AvgIpc) is 3.73. The molecule has 0 radical (unpaired) electrons. The quantitative estimate of drug-likeness (QED) is 0.191. The number of hydrogen-bond donors (Lipinski definition) is 0. The average molecular weight is 650 g/mol.